The Bertz CT molecular complexity index is 651. The van der Waals surface area contributed by atoms with Gasteiger partial charge >= 0.3 is 0 Å². The first kappa shape index (κ1) is 15.0. The Morgan fingerprint density at radius 3 is 2.29 bits per heavy atom. The van der Waals surface area contributed by atoms with E-state index >= 15 is 0 Å². The Labute approximate surface area is 121 Å². The van der Waals surface area contributed by atoms with Crippen molar-refractivity contribution in [3.05, 3.63) is 59.2 Å². The van der Waals surface area contributed by atoms with Gasteiger partial charge < -0.3 is 9.47 Å². The number of ether oxygens (including phenoxy) is 2. The summed E-state index contributed by atoms with van der Waals surface area (Å²) in [7, 11) is 1.56. The van der Waals surface area contributed by atoms with Crippen LogP contribution in [0.15, 0.2) is 36.4 Å². The monoisotopic (exact) mass is 292 g/mol. The Hall–Kier alpha value is -2.43. The van der Waals surface area contributed by atoms with Gasteiger partial charge in [-0.15, -0.1) is 0 Å². The lowest BCUT2D eigenvalue weighted by Gasteiger charge is -2.11. The van der Waals surface area contributed by atoms with Crippen molar-refractivity contribution >= 4 is 5.78 Å². The molecule has 0 radical (unpaired) electrons. The molecule has 2 aromatic rings. The van der Waals surface area contributed by atoms with E-state index in [9.17, 15) is 13.6 Å². The topological polar surface area (TPSA) is 35.5 Å². The molecule has 0 amide bonds. The number of carbonyl (C=O) groups is 1. The molecule has 0 aliphatic carbocycles. The second-order valence-corrected chi connectivity index (χ2v) is 4.46. The lowest BCUT2D eigenvalue weighted by atomic mass is 10.1. The molecule has 2 rings (SSSR count). The normalized spacial score (nSPS) is 10.3. The lowest BCUT2D eigenvalue weighted by molar-refractivity contribution is 0.101. The number of rotatable bonds is 5. The van der Waals surface area contributed by atoms with Gasteiger partial charge in [0.15, 0.2) is 17.4 Å². The SMILES string of the molecule is COc1ccc(COc2cc(F)c(F)cc2C(C)=O)cc1. The van der Waals surface area contributed by atoms with Gasteiger partial charge in [-0.25, -0.2) is 8.78 Å². The van der Waals surface area contributed by atoms with Gasteiger partial charge in [-0.3, -0.25) is 4.79 Å². The molecule has 0 unspecified atom stereocenters. The first-order valence-electron chi connectivity index (χ1n) is 6.27. The third kappa shape index (κ3) is 3.56. The van der Waals surface area contributed by atoms with Crippen LogP contribution in [-0.2, 0) is 6.61 Å². The zero-order valence-electron chi connectivity index (χ0n) is 11.7. The summed E-state index contributed by atoms with van der Waals surface area (Å²) >= 11 is 0. The van der Waals surface area contributed by atoms with Gasteiger partial charge in [0.2, 0.25) is 0 Å². The predicted octanol–water partition coefficient (Wildman–Crippen LogP) is 3.76. The molecule has 0 heterocycles. The molecule has 0 spiro atoms. The summed E-state index contributed by atoms with van der Waals surface area (Å²) in [4.78, 5) is 11.4. The van der Waals surface area contributed by atoms with Crippen LogP contribution >= 0.6 is 0 Å². The highest BCUT2D eigenvalue weighted by molar-refractivity contribution is 5.96. The maximum atomic E-state index is 13.3. The summed E-state index contributed by atoms with van der Waals surface area (Å²) in [5.74, 6) is -1.78. The van der Waals surface area contributed by atoms with Gasteiger partial charge in [0, 0.05) is 6.07 Å². The molecular formula is C16H14F2O3. The molecule has 0 N–H and O–H groups in total. The number of ketones is 1. The maximum Gasteiger partial charge on any atom is 0.163 e. The van der Waals surface area contributed by atoms with Crippen molar-refractivity contribution < 1.29 is 23.0 Å². The molecule has 21 heavy (non-hydrogen) atoms. The maximum absolute atomic E-state index is 13.3. The summed E-state index contributed by atoms with van der Waals surface area (Å²) < 4.78 is 36.9. The van der Waals surface area contributed by atoms with E-state index in [1.54, 1.807) is 31.4 Å². The molecule has 0 saturated carbocycles. The van der Waals surface area contributed by atoms with Gasteiger partial charge in [0.25, 0.3) is 0 Å². The van der Waals surface area contributed by atoms with E-state index in [2.05, 4.69) is 0 Å². The fourth-order valence-electron chi connectivity index (χ4n) is 1.81. The average Bonchev–Trinajstić information content (AvgIpc) is 2.48. The molecule has 3 nitrogen and oxygen atoms in total. The van der Waals surface area contributed by atoms with E-state index in [4.69, 9.17) is 9.47 Å². The smallest absolute Gasteiger partial charge is 0.163 e. The summed E-state index contributed by atoms with van der Waals surface area (Å²) in [6.45, 7) is 1.41. The minimum atomic E-state index is -1.07. The van der Waals surface area contributed by atoms with Crippen LogP contribution in [0.2, 0.25) is 0 Å². The van der Waals surface area contributed by atoms with Crippen LogP contribution in [0.5, 0.6) is 11.5 Å². The molecule has 110 valence electrons. The standard InChI is InChI=1S/C16H14F2O3/c1-10(19)13-7-14(17)15(18)8-16(13)21-9-11-3-5-12(20-2)6-4-11/h3-8H,9H2,1-2H3. The van der Waals surface area contributed by atoms with Crippen LogP contribution in [0.1, 0.15) is 22.8 Å². The number of benzene rings is 2. The third-order valence-electron chi connectivity index (χ3n) is 2.96. The van der Waals surface area contributed by atoms with Crippen molar-refractivity contribution in [2.45, 2.75) is 13.5 Å². The second-order valence-electron chi connectivity index (χ2n) is 4.46. The highest BCUT2D eigenvalue weighted by atomic mass is 19.2. The highest BCUT2D eigenvalue weighted by Crippen LogP contribution is 2.24. The Kier molecular flexibility index (Phi) is 4.52. The van der Waals surface area contributed by atoms with Crippen LogP contribution in [0.4, 0.5) is 8.78 Å². The van der Waals surface area contributed by atoms with Gasteiger partial charge in [-0.2, -0.15) is 0 Å². The quantitative estimate of drug-likeness (QED) is 0.787. The Morgan fingerprint density at radius 1 is 1.10 bits per heavy atom. The molecule has 0 fully saturated rings. The van der Waals surface area contributed by atoms with E-state index in [1.165, 1.54) is 6.92 Å². The van der Waals surface area contributed by atoms with Gasteiger partial charge in [-0.05, 0) is 30.7 Å². The zero-order chi connectivity index (χ0) is 15.4. The van der Waals surface area contributed by atoms with Crippen molar-refractivity contribution in [2.24, 2.45) is 0 Å². The molecule has 0 aromatic heterocycles. The predicted molar refractivity (Wildman–Crippen MR) is 73.7 cm³/mol. The fraction of sp³-hybridized carbons (Fsp3) is 0.188. The minimum Gasteiger partial charge on any atom is -0.497 e. The zero-order valence-corrected chi connectivity index (χ0v) is 11.7. The largest absolute Gasteiger partial charge is 0.497 e. The van der Waals surface area contributed by atoms with E-state index < -0.39 is 17.4 Å². The molecule has 0 aliphatic rings. The van der Waals surface area contributed by atoms with Crippen LogP contribution in [-0.4, -0.2) is 12.9 Å². The van der Waals surface area contributed by atoms with Crippen molar-refractivity contribution in [3.8, 4) is 11.5 Å². The molecule has 0 saturated heterocycles. The van der Waals surface area contributed by atoms with Crippen LogP contribution in [0, 0.1) is 11.6 Å². The van der Waals surface area contributed by atoms with Gasteiger partial charge in [0.05, 0.1) is 12.7 Å². The summed E-state index contributed by atoms with van der Waals surface area (Å²) in [6, 6.07) is 8.82. The number of halogens is 2. The van der Waals surface area contributed by atoms with E-state index in [-0.39, 0.29) is 17.9 Å². The van der Waals surface area contributed by atoms with Crippen LogP contribution < -0.4 is 9.47 Å². The van der Waals surface area contributed by atoms with Crippen molar-refractivity contribution in [1.82, 2.24) is 0 Å². The molecular weight excluding hydrogens is 278 g/mol. The summed E-state index contributed by atoms with van der Waals surface area (Å²) in [6.07, 6.45) is 0. The number of carbonyl (C=O) groups excluding carboxylic acids is 1. The second kappa shape index (κ2) is 6.35. The number of hydrogen-bond acceptors (Lipinski definition) is 3. The van der Waals surface area contributed by atoms with E-state index in [0.29, 0.717) is 5.75 Å². The molecule has 5 heteroatoms. The molecule has 0 bridgehead atoms. The third-order valence-corrected chi connectivity index (χ3v) is 2.96. The molecule has 0 atom stereocenters. The van der Waals surface area contributed by atoms with Crippen molar-refractivity contribution in [1.29, 1.82) is 0 Å². The Morgan fingerprint density at radius 2 is 1.71 bits per heavy atom. The van der Waals surface area contributed by atoms with Crippen molar-refractivity contribution in [3.63, 3.8) is 0 Å². The molecule has 0 aliphatic heterocycles. The fourth-order valence-corrected chi connectivity index (χ4v) is 1.81. The summed E-state index contributed by atoms with van der Waals surface area (Å²) in [5.41, 5.74) is 0.831. The average molecular weight is 292 g/mol. The highest BCUT2D eigenvalue weighted by Gasteiger charge is 2.14. The molecule has 2 aromatic carbocycles. The summed E-state index contributed by atoms with van der Waals surface area (Å²) in [5, 5.41) is 0. The van der Waals surface area contributed by atoms with Crippen LogP contribution in [0.25, 0.3) is 0 Å². The van der Waals surface area contributed by atoms with Crippen molar-refractivity contribution in [2.75, 3.05) is 7.11 Å². The number of Topliss-reactive ketones (excluding diaryl/α,β-unsaturated/α-hetero) is 1. The van der Waals surface area contributed by atoms with Gasteiger partial charge in [-0.1, -0.05) is 12.1 Å². The van der Waals surface area contributed by atoms with Crippen LogP contribution in [0.3, 0.4) is 0 Å². The number of methoxy groups -OCH3 is 1. The first-order valence-corrected chi connectivity index (χ1v) is 6.27. The first-order chi connectivity index (χ1) is 10.0. The number of hydrogen-bond donors (Lipinski definition) is 0. The minimum absolute atomic E-state index is 0.0161. The van der Waals surface area contributed by atoms with Gasteiger partial charge in [0.1, 0.15) is 18.1 Å². The van der Waals surface area contributed by atoms with E-state index in [1.807, 2.05) is 0 Å². The van der Waals surface area contributed by atoms with E-state index in [0.717, 1.165) is 17.7 Å². The Balaban J connectivity index is 2.18. The lowest BCUT2D eigenvalue weighted by Crippen LogP contribution is -2.04.